The minimum absolute atomic E-state index is 0.129. The SMILES string of the molecule is C[C@@H](OC(=O)NC[C@@H](Cc1ccc(O)cc1)N(C)C)c1ccccc1. The number of amides is 1. The Bertz CT molecular complexity index is 656. The molecule has 2 atom stereocenters. The van der Waals surface area contributed by atoms with Crippen LogP contribution in [-0.4, -0.2) is 42.8 Å². The fourth-order valence-corrected chi connectivity index (χ4v) is 2.54. The average molecular weight is 342 g/mol. The molecule has 25 heavy (non-hydrogen) atoms. The van der Waals surface area contributed by atoms with E-state index in [0.29, 0.717) is 6.54 Å². The van der Waals surface area contributed by atoms with Crippen LogP contribution in [0.3, 0.4) is 0 Å². The molecule has 0 saturated carbocycles. The lowest BCUT2D eigenvalue weighted by atomic mass is 10.1. The van der Waals surface area contributed by atoms with Crippen molar-refractivity contribution in [2.45, 2.75) is 25.5 Å². The molecule has 0 aromatic heterocycles. The van der Waals surface area contributed by atoms with Crippen molar-refractivity contribution in [3.63, 3.8) is 0 Å². The predicted molar refractivity (Wildman–Crippen MR) is 98.6 cm³/mol. The number of benzene rings is 2. The number of hydrogen-bond donors (Lipinski definition) is 2. The van der Waals surface area contributed by atoms with Crippen LogP contribution in [0.15, 0.2) is 54.6 Å². The van der Waals surface area contributed by atoms with E-state index in [1.807, 2.05) is 63.5 Å². The van der Waals surface area contributed by atoms with E-state index in [9.17, 15) is 9.90 Å². The Hall–Kier alpha value is -2.53. The molecule has 2 aromatic rings. The van der Waals surface area contributed by atoms with Crippen LogP contribution in [-0.2, 0) is 11.2 Å². The molecule has 2 N–H and O–H groups in total. The number of carbonyl (C=O) groups is 1. The first-order valence-corrected chi connectivity index (χ1v) is 8.39. The van der Waals surface area contributed by atoms with Gasteiger partial charge in [0.1, 0.15) is 11.9 Å². The van der Waals surface area contributed by atoms with Gasteiger partial charge in [0.25, 0.3) is 0 Å². The van der Waals surface area contributed by atoms with Crippen molar-refractivity contribution in [2.24, 2.45) is 0 Å². The van der Waals surface area contributed by atoms with Gasteiger partial charge in [-0.1, -0.05) is 42.5 Å². The molecule has 0 aliphatic rings. The highest BCUT2D eigenvalue weighted by Crippen LogP contribution is 2.16. The lowest BCUT2D eigenvalue weighted by Gasteiger charge is -2.25. The first kappa shape index (κ1) is 18.8. The van der Waals surface area contributed by atoms with Crippen LogP contribution in [0, 0.1) is 0 Å². The van der Waals surface area contributed by atoms with Gasteiger partial charge in [-0.25, -0.2) is 4.79 Å². The largest absolute Gasteiger partial charge is 0.508 e. The summed E-state index contributed by atoms with van der Waals surface area (Å²) in [5.41, 5.74) is 2.07. The number of aromatic hydroxyl groups is 1. The summed E-state index contributed by atoms with van der Waals surface area (Å²) in [6.07, 6.45) is 0.0481. The maximum atomic E-state index is 12.1. The first-order valence-electron chi connectivity index (χ1n) is 8.39. The van der Waals surface area contributed by atoms with Crippen molar-refractivity contribution >= 4 is 6.09 Å². The van der Waals surface area contributed by atoms with E-state index in [1.165, 1.54) is 0 Å². The molecule has 0 unspecified atom stereocenters. The van der Waals surface area contributed by atoms with Crippen LogP contribution in [0.2, 0.25) is 0 Å². The first-order chi connectivity index (χ1) is 12.0. The summed E-state index contributed by atoms with van der Waals surface area (Å²) < 4.78 is 5.43. The highest BCUT2D eigenvalue weighted by Gasteiger charge is 2.16. The zero-order valence-electron chi connectivity index (χ0n) is 15.0. The predicted octanol–water partition coefficient (Wildman–Crippen LogP) is 3.35. The Morgan fingerprint density at radius 1 is 1.12 bits per heavy atom. The van der Waals surface area contributed by atoms with Crippen LogP contribution in [0.1, 0.15) is 24.2 Å². The van der Waals surface area contributed by atoms with Crippen molar-refractivity contribution in [3.05, 3.63) is 65.7 Å². The summed E-state index contributed by atoms with van der Waals surface area (Å²) in [5, 5.41) is 12.2. The molecular weight excluding hydrogens is 316 g/mol. The molecule has 1 amide bonds. The van der Waals surface area contributed by atoms with Gasteiger partial charge >= 0.3 is 6.09 Å². The molecule has 5 heteroatoms. The van der Waals surface area contributed by atoms with Crippen molar-refractivity contribution in [1.29, 1.82) is 0 Å². The van der Waals surface area contributed by atoms with E-state index < -0.39 is 6.09 Å². The monoisotopic (exact) mass is 342 g/mol. The Morgan fingerprint density at radius 3 is 2.36 bits per heavy atom. The zero-order valence-corrected chi connectivity index (χ0v) is 15.0. The van der Waals surface area contributed by atoms with Crippen LogP contribution >= 0.6 is 0 Å². The number of likely N-dealkylation sites (N-methyl/N-ethyl adjacent to an activating group) is 1. The van der Waals surface area contributed by atoms with Gasteiger partial charge in [0.05, 0.1) is 0 Å². The van der Waals surface area contributed by atoms with Gasteiger partial charge in [-0.3, -0.25) is 0 Å². The lowest BCUT2D eigenvalue weighted by molar-refractivity contribution is 0.104. The minimum Gasteiger partial charge on any atom is -0.508 e. The zero-order chi connectivity index (χ0) is 18.2. The van der Waals surface area contributed by atoms with Crippen LogP contribution in [0.5, 0.6) is 5.75 Å². The number of nitrogens with zero attached hydrogens (tertiary/aromatic N) is 1. The molecule has 0 spiro atoms. The van der Waals surface area contributed by atoms with Crippen molar-refractivity contribution in [1.82, 2.24) is 10.2 Å². The fraction of sp³-hybridized carbons (Fsp3) is 0.350. The number of rotatable bonds is 7. The molecule has 5 nitrogen and oxygen atoms in total. The fourth-order valence-electron chi connectivity index (χ4n) is 2.54. The maximum absolute atomic E-state index is 12.1. The molecule has 0 aliphatic carbocycles. The van der Waals surface area contributed by atoms with E-state index in [0.717, 1.165) is 17.5 Å². The Kier molecular flexibility index (Phi) is 6.83. The second-order valence-electron chi connectivity index (χ2n) is 6.33. The average Bonchev–Trinajstić information content (AvgIpc) is 2.60. The number of hydrogen-bond acceptors (Lipinski definition) is 4. The van der Waals surface area contributed by atoms with E-state index in [2.05, 4.69) is 10.2 Å². The van der Waals surface area contributed by atoms with E-state index in [1.54, 1.807) is 12.1 Å². The molecule has 0 radical (unpaired) electrons. The quantitative estimate of drug-likeness (QED) is 0.810. The van der Waals surface area contributed by atoms with Crippen LogP contribution in [0.4, 0.5) is 4.79 Å². The van der Waals surface area contributed by atoms with Crippen LogP contribution < -0.4 is 5.32 Å². The number of carbonyl (C=O) groups excluding carboxylic acids is 1. The number of alkyl carbamates (subject to hydrolysis) is 1. The Morgan fingerprint density at radius 2 is 1.76 bits per heavy atom. The van der Waals surface area contributed by atoms with E-state index in [4.69, 9.17) is 4.74 Å². The smallest absolute Gasteiger partial charge is 0.407 e. The topological polar surface area (TPSA) is 61.8 Å². The molecule has 134 valence electrons. The third-order valence-electron chi connectivity index (χ3n) is 4.17. The van der Waals surface area contributed by atoms with Gasteiger partial charge in [0, 0.05) is 12.6 Å². The Balaban J connectivity index is 1.85. The van der Waals surface area contributed by atoms with Crippen molar-refractivity contribution in [2.75, 3.05) is 20.6 Å². The molecule has 0 bridgehead atoms. The summed E-state index contributed by atoms with van der Waals surface area (Å²) in [5.74, 6) is 0.252. The summed E-state index contributed by atoms with van der Waals surface area (Å²) in [6.45, 7) is 2.34. The molecular formula is C20H26N2O3. The minimum atomic E-state index is -0.422. The molecule has 0 fully saturated rings. The maximum Gasteiger partial charge on any atom is 0.407 e. The Labute approximate surface area is 149 Å². The third-order valence-corrected chi connectivity index (χ3v) is 4.17. The summed E-state index contributed by atoms with van der Waals surface area (Å²) >= 11 is 0. The molecule has 0 heterocycles. The van der Waals surface area contributed by atoms with Gasteiger partial charge in [0.2, 0.25) is 0 Å². The summed E-state index contributed by atoms with van der Waals surface area (Å²) in [7, 11) is 3.95. The standard InChI is InChI=1S/C20H26N2O3/c1-15(17-7-5-4-6-8-17)25-20(24)21-14-18(22(2)3)13-16-9-11-19(23)12-10-16/h4-12,15,18,23H,13-14H2,1-3H3,(H,21,24)/t15-,18-/m1/s1. The number of phenolic OH excluding ortho intramolecular Hbond substituents is 1. The van der Waals surface area contributed by atoms with Gasteiger partial charge in [-0.15, -0.1) is 0 Å². The van der Waals surface area contributed by atoms with Gasteiger partial charge < -0.3 is 20.1 Å². The van der Waals surface area contributed by atoms with E-state index >= 15 is 0 Å². The van der Waals surface area contributed by atoms with Gasteiger partial charge in [-0.05, 0) is 50.7 Å². The normalized spacial score (nSPS) is 13.3. The summed E-state index contributed by atoms with van der Waals surface area (Å²) in [6, 6.07) is 16.9. The van der Waals surface area contributed by atoms with E-state index in [-0.39, 0.29) is 17.9 Å². The third kappa shape index (κ3) is 6.12. The second kappa shape index (κ2) is 9.08. The number of ether oxygens (including phenoxy) is 1. The summed E-state index contributed by atoms with van der Waals surface area (Å²) in [4.78, 5) is 14.1. The molecule has 2 rings (SSSR count). The van der Waals surface area contributed by atoms with Crippen molar-refractivity contribution in [3.8, 4) is 5.75 Å². The van der Waals surface area contributed by atoms with Gasteiger partial charge in [-0.2, -0.15) is 0 Å². The number of phenols is 1. The van der Waals surface area contributed by atoms with Crippen LogP contribution in [0.25, 0.3) is 0 Å². The van der Waals surface area contributed by atoms with Crippen molar-refractivity contribution < 1.29 is 14.6 Å². The number of nitrogens with one attached hydrogen (secondary N) is 1. The highest BCUT2D eigenvalue weighted by atomic mass is 16.6. The second-order valence-corrected chi connectivity index (χ2v) is 6.33. The highest BCUT2D eigenvalue weighted by molar-refractivity contribution is 5.67. The lowest BCUT2D eigenvalue weighted by Crippen LogP contribution is -2.41. The van der Waals surface area contributed by atoms with Gasteiger partial charge in [0.15, 0.2) is 0 Å². The molecule has 2 aromatic carbocycles. The molecule has 0 saturated heterocycles. The molecule has 0 aliphatic heterocycles.